The van der Waals surface area contributed by atoms with E-state index in [0.29, 0.717) is 6.04 Å². The van der Waals surface area contributed by atoms with Gasteiger partial charge in [0.15, 0.2) is 0 Å². The van der Waals surface area contributed by atoms with Crippen LogP contribution >= 0.6 is 11.3 Å². The standard InChI is InChI=1S/C15H27NOS/c1-6-12-9-11-18-14(12)13(16-7-2)8-10-15(3,4)17-5/h9,11,13,16H,6-8,10H2,1-5H3. The van der Waals surface area contributed by atoms with Gasteiger partial charge in [-0.25, -0.2) is 0 Å². The molecule has 1 heterocycles. The van der Waals surface area contributed by atoms with E-state index in [9.17, 15) is 0 Å². The van der Waals surface area contributed by atoms with Gasteiger partial charge in [-0.3, -0.25) is 0 Å². The van der Waals surface area contributed by atoms with E-state index in [1.807, 2.05) is 11.3 Å². The second-order valence-electron chi connectivity index (χ2n) is 5.28. The van der Waals surface area contributed by atoms with Gasteiger partial charge in [-0.15, -0.1) is 11.3 Å². The van der Waals surface area contributed by atoms with E-state index in [1.165, 1.54) is 10.4 Å². The molecule has 0 bridgehead atoms. The van der Waals surface area contributed by atoms with Gasteiger partial charge in [0, 0.05) is 18.0 Å². The van der Waals surface area contributed by atoms with Crippen LogP contribution in [0.2, 0.25) is 0 Å². The lowest BCUT2D eigenvalue weighted by molar-refractivity contribution is 0.0117. The van der Waals surface area contributed by atoms with E-state index >= 15 is 0 Å². The molecule has 0 saturated carbocycles. The molecule has 18 heavy (non-hydrogen) atoms. The molecule has 1 N–H and O–H groups in total. The van der Waals surface area contributed by atoms with Gasteiger partial charge in [-0.2, -0.15) is 0 Å². The minimum Gasteiger partial charge on any atom is -0.379 e. The molecule has 0 aliphatic heterocycles. The molecule has 0 aliphatic carbocycles. The summed E-state index contributed by atoms with van der Waals surface area (Å²) < 4.78 is 5.52. The van der Waals surface area contributed by atoms with Crippen LogP contribution in [-0.4, -0.2) is 19.3 Å². The van der Waals surface area contributed by atoms with Gasteiger partial charge in [-0.05, 0) is 56.7 Å². The predicted molar refractivity (Wildman–Crippen MR) is 80.4 cm³/mol. The van der Waals surface area contributed by atoms with Crippen LogP contribution in [0.3, 0.4) is 0 Å². The molecule has 1 atom stereocenters. The first-order valence-corrected chi connectivity index (χ1v) is 7.76. The average Bonchev–Trinajstić information content (AvgIpc) is 2.82. The first kappa shape index (κ1) is 15.7. The highest BCUT2D eigenvalue weighted by atomic mass is 32.1. The molecule has 2 nitrogen and oxygen atoms in total. The predicted octanol–water partition coefficient (Wildman–Crippen LogP) is 4.17. The highest BCUT2D eigenvalue weighted by molar-refractivity contribution is 7.10. The second-order valence-corrected chi connectivity index (χ2v) is 6.22. The molecule has 104 valence electrons. The zero-order valence-corrected chi connectivity index (χ0v) is 13.2. The number of ether oxygens (including phenoxy) is 1. The minimum absolute atomic E-state index is 0.0304. The Kier molecular flexibility index (Phi) is 6.33. The molecule has 3 heteroatoms. The van der Waals surface area contributed by atoms with E-state index in [-0.39, 0.29) is 5.60 Å². The SMILES string of the molecule is CCNC(CCC(C)(C)OC)c1sccc1CC. The van der Waals surface area contributed by atoms with Gasteiger partial charge in [0.2, 0.25) is 0 Å². The summed E-state index contributed by atoms with van der Waals surface area (Å²) in [4.78, 5) is 1.51. The topological polar surface area (TPSA) is 21.3 Å². The first-order chi connectivity index (χ1) is 8.54. The van der Waals surface area contributed by atoms with Crippen LogP contribution in [0.5, 0.6) is 0 Å². The minimum atomic E-state index is -0.0304. The Morgan fingerprint density at radius 2 is 2.11 bits per heavy atom. The van der Waals surface area contributed by atoms with Gasteiger partial charge in [-0.1, -0.05) is 13.8 Å². The fourth-order valence-corrected chi connectivity index (χ4v) is 3.22. The maximum atomic E-state index is 5.52. The fraction of sp³-hybridized carbons (Fsp3) is 0.733. The smallest absolute Gasteiger partial charge is 0.0623 e. The van der Waals surface area contributed by atoms with Crippen molar-refractivity contribution in [2.45, 2.75) is 58.6 Å². The average molecular weight is 269 g/mol. The molecule has 0 fully saturated rings. The molecule has 0 radical (unpaired) electrons. The fourth-order valence-electron chi connectivity index (χ4n) is 2.11. The van der Waals surface area contributed by atoms with Crippen molar-refractivity contribution in [3.63, 3.8) is 0 Å². The van der Waals surface area contributed by atoms with E-state index in [4.69, 9.17) is 4.74 Å². The highest BCUT2D eigenvalue weighted by Crippen LogP contribution is 2.30. The van der Waals surface area contributed by atoms with Crippen LogP contribution in [0, 0.1) is 0 Å². The number of rotatable bonds is 8. The van der Waals surface area contributed by atoms with Crippen molar-refractivity contribution in [3.05, 3.63) is 21.9 Å². The molecule has 0 aromatic carbocycles. The van der Waals surface area contributed by atoms with Gasteiger partial charge in [0.1, 0.15) is 0 Å². The third-order valence-electron chi connectivity index (χ3n) is 3.52. The highest BCUT2D eigenvalue weighted by Gasteiger charge is 2.21. The van der Waals surface area contributed by atoms with Gasteiger partial charge >= 0.3 is 0 Å². The molecule has 0 amide bonds. The molecule has 1 aromatic heterocycles. The lowest BCUT2D eigenvalue weighted by Crippen LogP contribution is -2.27. The van der Waals surface area contributed by atoms with E-state index < -0.39 is 0 Å². The molecular weight excluding hydrogens is 242 g/mol. The van der Waals surface area contributed by atoms with Crippen LogP contribution < -0.4 is 5.32 Å². The van der Waals surface area contributed by atoms with Crippen molar-refractivity contribution >= 4 is 11.3 Å². The number of aryl methyl sites for hydroxylation is 1. The van der Waals surface area contributed by atoms with Crippen molar-refractivity contribution in [2.75, 3.05) is 13.7 Å². The van der Waals surface area contributed by atoms with Crippen LogP contribution in [0.25, 0.3) is 0 Å². The summed E-state index contributed by atoms with van der Waals surface area (Å²) in [5, 5.41) is 5.82. The Morgan fingerprint density at radius 3 is 2.67 bits per heavy atom. The van der Waals surface area contributed by atoms with Gasteiger partial charge in [0.05, 0.1) is 5.60 Å². The van der Waals surface area contributed by atoms with Crippen LogP contribution in [0.4, 0.5) is 0 Å². The van der Waals surface area contributed by atoms with Crippen molar-refractivity contribution in [3.8, 4) is 0 Å². The van der Waals surface area contributed by atoms with Crippen molar-refractivity contribution in [1.29, 1.82) is 0 Å². The summed E-state index contributed by atoms with van der Waals surface area (Å²) in [5.41, 5.74) is 1.46. The van der Waals surface area contributed by atoms with Crippen molar-refractivity contribution in [1.82, 2.24) is 5.32 Å². The quantitative estimate of drug-likeness (QED) is 0.765. The Bertz CT molecular complexity index is 346. The summed E-state index contributed by atoms with van der Waals surface area (Å²) >= 11 is 1.88. The summed E-state index contributed by atoms with van der Waals surface area (Å²) in [6.07, 6.45) is 3.32. The van der Waals surface area contributed by atoms with Crippen LogP contribution in [0.15, 0.2) is 11.4 Å². The second kappa shape index (κ2) is 7.27. The maximum Gasteiger partial charge on any atom is 0.0623 e. The third-order valence-corrected chi connectivity index (χ3v) is 4.59. The van der Waals surface area contributed by atoms with Crippen LogP contribution in [0.1, 0.15) is 57.0 Å². The van der Waals surface area contributed by atoms with E-state index in [0.717, 1.165) is 25.8 Å². The molecule has 1 aromatic rings. The number of methoxy groups -OCH3 is 1. The first-order valence-electron chi connectivity index (χ1n) is 6.88. The molecule has 0 spiro atoms. The molecular formula is C15H27NOS. The number of hydrogen-bond donors (Lipinski definition) is 1. The molecule has 1 unspecified atom stereocenters. The zero-order valence-electron chi connectivity index (χ0n) is 12.4. The number of nitrogens with one attached hydrogen (secondary N) is 1. The lowest BCUT2D eigenvalue weighted by Gasteiger charge is -2.26. The Labute approximate surface area is 116 Å². The van der Waals surface area contributed by atoms with E-state index in [1.54, 1.807) is 7.11 Å². The molecule has 0 saturated heterocycles. The molecule has 1 rings (SSSR count). The third kappa shape index (κ3) is 4.38. The molecule has 0 aliphatic rings. The van der Waals surface area contributed by atoms with Gasteiger partial charge < -0.3 is 10.1 Å². The van der Waals surface area contributed by atoms with Crippen molar-refractivity contribution < 1.29 is 4.74 Å². The summed E-state index contributed by atoms with van der Waals surface area (Å²) in [6, 6.07) is 2.73. The van der Waals surface area contributed by atoms with E-state index in [2.05, 4.69) is 44.5 Å². The number of hydrogen-bond acceptors (Lipinski definition) is 3. The summed E-state index contributed by atoms with van der Waals surface area (Å²) in [6.45, 7) is 9.73. The summed E-state index contributed by atoms with van der Waals surface area (Å²) in [7, 11) is 1.80. The van der Waals surface area contributed by atoms with Crippen LogP contribution in [-0.2, 0) is 11.2 Å². The number of thiophene rings is 1. The largest absolute Gasteiger partial charge is 0.379 e. The Hall–Kier alpha value is -0.380. The Morgan fingerprint density at radius 1 is 1.39 bits per heavy atom. The Balaban J connectivity index is 2.71. The normalized spacial score (nSPS) is 13.8. The zero-order chi connectivity index (χ0) is 13.6. The maximum absolute atomic E-state index is 5.52. The van der Waals surface area contributed by atoms with Gasteiger partial charge in [0.25, 0.3) is 0 Å². The summed E-state index contributed by atoms with van der Waals surface area (Å²) in [5.74, 6) is 0. The monoisotopic (exact) mass is 269 g/mol. The van der Waals surface area contributed by atoms with Crippen molar-refractivity contribution in [2.24, 2.45) is 0 Å². The lowest BCUT2D eigenvalue weighted by atomic mass is 9.96.